The van der Waals surface area contributed by atoms with Crippen LogP contribution in [0.2, 0.25) is 0 Å². The second-order valence-electron chi connectivity index (χ2n) is 15.6. The Bertz CT molecular complexity index is 2270. The van der Waals surface area contributed by atoms with Crippen LogP contribution in [0, 0.1) is 29.4 Å². The van der Waals surface area contributed by atoms with Crippen molar-refractivity contribution < 1.29 is 37.3 Å². The Morgan fingerprint density at radius 2 is 1.92 bits per heavy atom. The lowest BCUT2D eigenvalue weighted by Crippen LogP contribution is -2.65. The lowest BCUT2D eigenvalue weighted by Gasteiger charge is -2.47. The van der Waals surface area contributed by atoms with Crippen molar-refractivity contribution in [3.8, 4) is 35.4 Å². The van der Waals surface area contributed by atoms with Crippen molar-refractivity contribution in [3.63, 3.8) is 0 Å². The first-order valence-electron chi connectivity index (χ1n) is 18.0. The number of hydrogen-bond donors (Lipinski definition) is 1. The maximum absolute atomic E-state index is 17.1. The lowest BCUT2D eigenvalue weighted by molar-refractivity contribution is -0.207. The van der Waals surface area contributed by atoms with Crippen LogP contribution in [-0.4, -0.2) is 104 Å². The van der Waals surface area contributed by atoms with E-state index in [2.05, 4.69) is 20.8 Å². The summed E-state index contributed by atoms with van der Waals surface area (Å²) < 4.78 is 58.2. The molecule has 1 amide bonds. The number of carbonyl (C=O) groups is 2. The highest BCUT2D eigenvalue weighted by molar-refractivity contribution is 6.03. The number of cyclic esters (lactones) is 1. The van der Waals surface area contributed by atoms with Crippen molar-refractivity contribution in [1.82, 2.24) is 24.8 Å². The van der Waals surface area contributed by atoms with Gasteiger partial charge in [-0.1, -0.05) is 12.0 Å². The number of pyridine rings is 1. The van der Waals surface area contributed by atoms with E-state index in [1.807, 2.05) is 9.80 Å². The maximum Gasteiger partial charge on any atom is 0.319 e. The predicted octanol–water partition coefficient (Wildman–Crippen LogP) is 4.90. The number of aromatic hydroxyl groups is 1. The van der Waals surface area contributed by atoms with Crippen LogP contribution in [-0.2, 0) is 14.3 Å². The minimum Gasteiger partial charge on any atom is -0.508 e. The number of nitrogens with zero attached hydrogens (tertiary/aromatic N) is 6. The Hall–Kier alpha value is -5.16. The quantitative estimate of drug-likeness (QED) is 0.217. The molecule has 9 rings (SSSR count). The van der Waals surface area contributed by atoms with Crippen molar-refractivity contribution in [1.29, 1.82) is 0 Å². The van der Waals surface area contributed by atoms with E-state index in [-0.39, 0.29) is 69.5 Å². The van der Waals surface area contributed by atoms with Gasteiger partial charge in [-0.15, -0.1) is 6.42 Å². The number of phenolic OH excluding ortho intramolecular Hbond substituents is 1. The average molecular weight is 727 g/mol. The number of rotatable bonds is 6. The van der Waals surface area contributed by atoms with Gasteiger partial charge in [-0.05, 0) is 69.7 Å². The van der Waals surface area contributed by atoms with Crippen molar-refractivity contribution in [3.05, 3.63) is 47.7 Å². The molecule has 5 aliphatic rings. The monoisotopic (exact) mass is 726 g/mol. The fraction of sp³-hybridized carbons (Fsp3) is 0.462. The van der Waals surface area contributed by atoms with E-state index in [1.165, 1.54) is 30.5 Å². The normalized spacial score (nSPS) is 27.5. The summed E-state index contributed by atoms with van der Waals surface area (Å²) >= 11 is 0. The SMILES string of the molecule is C#Cc1c(F)ccc2cc(O)cc(-c3ncc4c(N5C[C@H]6CC[C@@H](C5)N6C(=O)[C@H]5OC(=O)C5(C)C)nc(OC[C@@]56CCCN5C[C@H](F)C6)nc4c3F)c12. The van der Waals surface area contributed by atoms with Crippen LogP contribution in [0.3, 0.4) is 0 Å². The number of benzene rings is 2. The molecule has 0 saturated carbocycles. The molecule has 2 aromatic heterocycles. The zero-order valence-corrected chi connectivity index (χ0v) is 29.2. The molecule has 0 aliphatic carbocycles. The smallest absolute Gasteiger partial charge is 0.319 e. The first-order chi connectivity index (χ1) is 25.4. The molecular weight excluding hydrogens is 689 g/mol. The van der Waals surface area contributed by atoms with Gasteiger partial charge in [0, 0.05) is 55.3 Å². The molecule has 7 heterocycles. The largest absolute Gasteiger partial charge is 0.508 e. The van der Waals surface area contributed by atoms with Crippen LogP contribution < -0.4 is 9.64 Å². The lowest BCUT2D eigenvalue weighted by atomic mass is 9.80. The molecule has 11 nitrogen and oxygen atoms in total. The number of piperazine rings is 1. The third kappa shape index (κ3) is 5.10. The average Bonchev–Trinajstić information content (AvgIpc) is 3.75. The van der Waals surface area contributed by atoms with Gasteiger partial charge in [0.1, 0.15) is 46.8 Å². The molecule has 14 heteroatoms. The van der Waals surface area contributed by atoms with Gasteiger partial charge in [-0.25, -0.2) is 13.2 Å². The molecular formula is C39H37F3N6O5. The van der Waals surface area contributed by atoms with Crippen LogP contribution in [0.5, 0.6) is 11.8 Å². The molecule has 5 saturated heterocycles. The first-order valence-corrected chi connectivity index (χ1v) is 18.0. The van der Waals surface area contributed by atoms with Crippen LogP contribution >= 0.6 is 0 Å². The highest BCUT2D eigenvalue weighted by Gasteiger charge is 2.58. The number of ether oxygens (including phenoxy) is 2. The highest BCUT2D eigenvalue weighted by atomic mass is 19.1. The molecule has 2 bridgehead atoms. The van der Waals surface area contributed by atoms with E-state index in [9.17, 15) is 23.5 Å². The fourth-order valence-electron chi connectivity index (χ4n) is 9.30. The molecule has 1 N–H and O–H groups in total. The molecule has 4 aromatic rings. The van der Waals surface area contributed by atoms with E-state index in [4.69, 9.17) is 20.9 Å². The summed E-state index contributed by atoms with van der Waals surface area (Å²) in [6.07, 6.45) is 8.73. The Labute approximate surface area is 303 Å². The van der Waals surface area contributed by atoms with Crippen molar-refractivity contribution in [2.75, 3.05) is 37.7 Å². The Kier molecular flexibility index (Phi) is 7.58. The summed E-state index contributed by atoms with van der Waals surface area (Å²) in [6, 6.07) is 4.80. The number of fused-ring (bicyclic) bond motifs is 5. The molecule has 53 heavy (non-hydrogen) atoms. The number of hydrogen-bond acceptors (Lipinski definition) is 10. The molecule has 5 aliphatic heterocycles. The number of carbonyl (C=O) groups excluding carboxylic acids is 2. The van der Waals surface area contributed by atoms with Crippen LogP contribution in [0.25, 0.3) is 32.9 Å². The number of esters is 1. The van der Waals surface area contributed by atoms with E-state index < -0.39 is 40.8 Å². The number of halogens is 3. The van der Waals surface area contributed by atoms with E-state index in [0.29, 0.717) is 37.3 Å². The maximum atomic E-state index is 17.1. The molecule has 0 radical (unpaired) electrons. The third-order valence-corrected chi connectivity index (χ3v) is 12.0. The van der Waals surface area contributed by atoms with Gasteiger partial charge in [0.05, 0.1) is 16.5 Å². The Morgan fingerprint density at radius 3 is 2.64 bits per heavy atom. The standard InChI is InChI=1S/C39H37F3N6O5/c1-4-25-28(41)9-6-20-12-24(49)13-26(29(20)25)31-30(42)32-27(15-43-31)34(45-37(44-32)52-19-39-10-5-11-47(39)16-21(40)14-39)46-17-22-7-8-23(18-46)48(22)35(50)33-38(2,3)36(51)53-33/h1,6,9,12-13,15,21-23,33,49H,5,7-8,10-11,14,16-19H2,2-3H3/t21-,22-,23+,33-,39+/m1/s1. The minimum atomic E-state index is -0.976. The van der Waals surface area contributed by atoms with Gasteiger partial charge < -0.3 is 24.4 Å². The van der Waals surface area contributed by atoms with Crippen molar-refractivity contribution in [2.24, 2.45) is 5.41 Å². The summed E-state index contributed by atoms with van der Waals surface area (Å²) in [5.41, 5.74) is -1.76. The van der Waals surface area contributed by atoms with Crippen LogP contribution in [0.4, 0.5) is 19.0 Å². The molecule has 0 unspecified atom stereocenters. The fourth-order valence-corrected chi connectivity index (χ4v) is 9.30. The number of phenols is 1. The zero-order chi connectivity index (χ0) is 37.0. The summed E-state index contributed by atoms with van der Waals surface area (Å²) in [5.74, 6) is 0.354. The third-order valence-electron chi connectivity index (χ3n) is 12.0. The second kappa shape index (κ2) is 11.9. The van der Waals surface area contributed by atoms with Gasteiger partial charge in [0.25, 0.3) is 5.91 Å². The van der Waals surface area contributed by atoms with Crippen molar-refractivity contribution >= 4 is 39.4 Å². The Balaban J connectivity index is 1.13. The number of terminal acetylenes is 1. The van der Waals surface area contributed by atoms with Gasteiger partial charge in [0.2, 0.25) is 0 Å². The van der Waals surface area contributed by atoms with Crippen molar-refractivity contribution in [2.45, 2.75) is 75.8 Å². The van der Waals surface area contributed by atoms with E-state index in [0.717, 1.165) is 32.2 Å². The topological polar surface area (TPSA) is 121 Å². The molecule has 5 atom stereocenters. The number of amides is 1. The summed E-state index contributed by atoms with van der Waals surface area (Å²) in [6.45, 7) is 5.34. The molecule has 274 valence electrons. The summed E-state index contributed by atoms with van der Waals surface area (Å²) in [7, 11) is 0. The number of anilines is 1. The molecule has 0 spiro atoms. The number of aromatic nitrogens is 3. The zero-order valence-electron chi connectivity index (χ0n) is 29.2. The summed E-state index contributed by atoms with van der Waals surface area (Å²) in [5, 5.41) is 11.5. The second-order valence-corrected chi connectivity index (χ2v) is 15.6. The van der Waals surface area contributed by atoms with Crippen LogP contribution in [0.1, 0.15) is 51.5 Å². The highest BCUT2D eigenvalue weighted by Crippen LogP contribution is 2.44. The molecule has 2 aromatic carbocycles. The summed E-state index contributed by atoms with van der Waals surface area (Å²) in [4.78, 5) is 45.5. The Morgan fingerprint density at radius 1 is 1.15 bits per heavy atom. The van der Waals surface area contributed by atoms with E-state index in [1.54, 1.807) is 13.8 Å². The van der Waals surface area contributed by atoms with Gasteiger partial charge in [-0.3, -0.25) is 19.5 Å². The van der Waals surface area contributed by atoms with Crippen LogP contribution in [0.15, 0.2) is 30.5 Å². The molecule has 5 fully saturated rings. The van der Waals surface area contributed by atoms with Gasteiger partial charge in [0.15, 0.2) is 11.9 Å². The van der Waals surface area contributed by atoms with Gasteiger partial charge >= 0.3 is 12.0 Å². The minimum absolute atomic E-state index is 0.0831. The van der Waals surface area contributed by atoms with Gasteiger partial charge in [-0.2, -0.15) is 9.97 Å². The first kappa shape index (κ1) is 33.7. The predicted molar refractivity (Wildman–Crippen MR) is 188 cm³/mol. The van der Waals surface area contributed by atoms with E-state index >= 15 is 4.39 Å². The number of alkyl halides is 1.